The summed E-state index contributed by atoms with van der Waals surface area (Å²) >= 11 is 0. The molecule has 2 rings (SSSR count). The van der Waals surface area contributed by atoms with Crippen LogP contribution in [-0.4, -0.2) is 35.3 Å². The highest BCUT2D eigenvalue weighted by molar-refractivity contribution is 5.69. The number of nitrogens with one attached hydrogen (secondary N) is 1. The number of carbonyl (C=O) groups is 1. The highest BCUT2D eigenvalue weighted by atomic mass is 16.6. The standard InChI is InChI=1S/C20H28N4O3/c1-13(2)11-20(4,21)12-26-17-7-6-15(10-14(17)3)16-8-9-23-18(24-16)27-19(25)22-5/h6-10,13H,11-12,21H2,1-5H3,(H,22,25)/t20-/m0/s1. The van der Waals surface area contributed by atoms with Crippen molar-refractivity contribution < 1.29 is 14.3 Å². The number of hydrogen-bond acceptors (Lipinski definition) is 6. The number of hydrogen-bond donors (Lipinski definition) is 2. The largest absolute Gasteiger partial charge is 0.491 e. The Morgan fingerprint density at radius 2 is 2.07 bits per heavy atom. The molecule has 0 bridgehead atoms. The molecule has 3 N–H and O–H groups in total. The first-order valence-electron chi connectivity index (χ1n) is 8.95. The Labute approximate surface area is 160 Å². The van der Waals surface area contributed by atoms with E-state index in [-0.39, 0.29) is 11.5 Å². The molecule has 0 saturated heterocycles. The van der Waals surface area contributed by atoms with Crippen LogP contribution in [0.2, 0.25) is 0 Å². The van der Waals surface area contributed by atoms with E-state index in [0.717, 1.165) is 23.3 Å². The van der Waals surface area contributed by atoms with Crippen LogP contribution in [0.1, 0.15) is 32.8 Å². The molecule has 0 fully saturated rings. The summed E-state index contributed by atoms with van der Waals surface area (Å²) in [6, 6.07) is 7.53. The lowest BCUT2D eigenvalue weighted by Gasteiger charge is -2.27. The van der Waals surface area contributed by atoms with Crippen LogP contribution < -0.4 is 20.5 Å². The topological polar surface area (TPSA) is 99.4 Å². The maximum absolute atomic E-state index is 11.3. The molecular formula is C20H28N4O3. The van der Waals surface area contributed by atoms with Gasteiger partial charge in [0.05, 0.1) is 5.69 Å². The normalized spacial score (nSPS) is 13.1. The molecule has 0 aliphatic rings. The molecule has 1 aromatic carbocycles. The maximum atomic E-state index is 11.3. The summed E-state index contributed by atoms with van der Waals surface area (Å²) in [6.07, 6.45) is 1.82. The molecule has 1 heterocycles. The van der Waals surface area contributed by atoms with Crippen molar-refractivity contribution in [3.8, 4) is 23.0 Å². The second-order valence-corrected chi connectivity index (χ2v) is 7.38. The molecule has 7 heteroatoms. The molecule has 1 aromatic heterocycles. The molecule has 146 valence electrons. The summed E-state index contributed by atoms with van der Waals surface area (Å²) in [5, 5.41) is 2.36. The number of aryl methyl sites for hydroxylation is 1. The minimum absolute atomic E-state index is 0.00240. The zero-order valence-electron chi connectivity index (χ0n) is 16.6. The van der Waals surface area contributed by atoms with Gasteiger partial charge in [-0.05, 0) is 56.0 Å². The monoisotopic (exact) mass is 372 g/mol. The Balaban J connectivity index is 2.12. The molecular weight excluding hydrogens is 344 g/mol. The van der Waals surface area contributed by atoms with Gasteiger partial charge in [-0.1, -0.05) is 13.8 Å². The molecule has 0 saturated carbocycles. The van der Waals surface area contributed by atoms with Crippen LogP contribution in [0.5, 0.6) is 11.8 Å². The molecule has 0 spiro atoms. The van der Waals surface area contributed by atoms with Gasteiger partial charge in [0.1, 0.15) is 12.4 Å². The lowest BCUT2D eigenvalue weighted by Crippen LogP contribution is -2.43. The first kappa shape index (κ1) is 20.6. The number of ether oxygens (including phenoxy) is 2. The van der Waals surface area contributed by atoms with Crippen LogP contribution in [0.3, 0.4) is 0 Å². The predicted molar refractivity (Wildman–Crippen MR) is 105 cm³/mol. The Hall–Kier alpha value is -2.67. The number of aromatic nitrogens is 2. The van der Waals surface area contributed by atoms with Crippen LogP contribution >= 0.6 is 0 Å². The zero-order valence-corrected chi connectivity index (χ0v) is 16.6. The van der Waals surface area contributed by atoms with E-state index in [2.05, 4.69) is 29.1 Å². The second-order valence-electron chi connectivity index (χ2n) is 7.38. The molecule has 0 aliphatic heterocycles. The van der Waals surface area contributed by atoms with E-state index in [0.29, 0.717) is 18.2 Å². The fourth-order valence-corrected chi connectivity index (χ4v) is 2.89. The van der Waals surface area contributed by atoms with Crippen molar-refractivity contribution in [2.45, 2.75) is 39.7 Å². The molecule has 27 heavy (non-hydrogen) atoms. The van der Waals surface area contributed by atoms with E-state index >= 15 is 0 Å². The molecule has 1 atom stereocenters. The first-order valence-corrected chi connectivity index (χ1v) is 8.95. The minimum atomic E-state index is -0.613. The predicted octanol–water partition coefficient (Wildman–Crippen LogP) is 3.31. The fraction of sp³-hybridized carbons (Fsp3) is 0.450. The Kier molecular flexibility index (Phi) is 6.74. The van der Waals surface area contributed by atoms with Gasteiger partial charge in [0.15, 0.2) is 0 Å². The molecule has 1 amide bonds. The Morgan fingerprint density at radius 3 is 2.70 bits per heavy atom. The van der Waals surface area contributed by atoms with Crippen LogP contribution in [-0.2, 0) is 0 Å². The number of nitrogens with zero attached hydrogens (tertiary/aromatic N) is 2. The Morgan fingerprint density at radius 1 is 1.33 bits per heavy atom. The highest BCUT2D eigenvalue weighted by Gasteiger charge is 2.21. The van der Waals surface area contributed by atoms with Crippen molar-refractivity contribution in [3.63, 3.8) is 0 Å². The van der Waals surface area contributed by atoms with E-state index in [1.54, 1.807) is 12.3 Å². The summed E-state index contributed by atoms with van der Waals surface area (Å²) in [5.41, 5.74) is 8.44. The minimum Gasteiger partial charge on any atom is -0.491 e. The van der Waals surface area contributed by atoms with E-state index in [9.17, 15) is 4.79 Å². The fourth-order valence-electron chi connectivity index (χ4n) is 2.89. The van der Waals surface area contributed by atoms with Gasteiger partial charge in [0, 0.05) is 24.3 Å². The average Bonchev–Trinajstić information content (AvgIpc) is 2.59. The quantitative estimate of drug-likeness (QED) is 0.773. The highest BCUT2D eigenvalue weighted by Crippen LogP contribution is 2.27. The van der Waals surface area contributed by atoms with Gasteiger partial charge in [0.25, 0.3) is 0 Å². The number of benzene rings is 1. The third-order valence-electron chi connectivity index (χ3n) is 3.92. The van der Waals surface area contributed by atoms with Gasteiger partial charge in [0.2, 0.25) is 0 Å². The van der Waals surface area contributed by atoms with Gasteiger partial charge < -0.3 is 20.5 Å². The van der Waals surface area contributed by atoms with Crippen LogP contribution in [0.15, 0.2) is 30.5 Å². The summed E-state index contributed by atoms with van der Waals surface area (Å²) in [4.78, 5) is 19.5. The van der Waals surface area contributed by atoms with Gasteiger partial charge in [-0.15, -0.1) is 0 Å². The Bertz CT molecular complexity index is 791. The average molecular weight is 372 g/mol. The SMILES string of the molecule is CNC(=O)Oc1nccc(-c2ccc(OC[C@@](C)(N)CC(C)C)c(C)c2)n1. The van der Waals surface area contributed by atoms with Crippen LogP contribution in [0.25, 0.3) is 11.3 Å². The molecule has 2 aromatic rings. The van der Waals surface area contributed by atoms with E-state index in [4.69, 9.17) is 15.2 Å². The summed E-state index contributed by atoms with van der Waals surface area (Å²) in [7, 11) is 1.47. The van der Waals surface area contributed by atoms with Gasteiger partial charge in [-0.3, -0.25) is 0 Å². The molecule has 0 radical (unpaired) electrons. The van der Waals surface area contributed by atoms with Crippen LogP contribution in [0, 0.1) is 12.8 Å². The zero-order chi connectivity index (χ0) is 20.0. The van der Waals surface area contributed by atoms with E-state index < -0.39 is 6.09 Å². The van der Waals surface area contributed by atoms with Crippen LogP contribution in [0.4, 0.5) is 4.79 Å². The van der Waals surface area contributed by atoms with Crippen molar-refractivity contribution in [2.75, 3.05) is 13.7 Å². The van der Waals surface area contributed by atoms with Crippen molar-refractivity contribution >= 4 is 6.09 Å². The van der Waals surface area contributed by atoms with Crippen molar-refractivity contribution in [2.24, 2.45) is 11.7 Å². The number of rotatable bonds is 7. The summed E-state index contributed by atoms with van der Waals surface area (Å²) < 4.78 is 10.9. The molecule has 7 nitrogen and oxygen atoms in total. The van der Waals surface area contributed by atoms with Gasteiger partial charge in [-0.25, -0.2) is 9.78 Å². The van der Waals surface area contributed by atoms with Crippen molar-refractivity contribution in [1.82, 2.24) is 15.3 Å². The number of carbonyl (C=O) groups excluding carboxylic acids is 1. The van der Waals surface area contributed by atoms with Gasteiger partial charge >= 0.3 is 12.1 Å². The van der Waals surface area contributed by atoms with Crippen molar-refractivity contribution in [3.05, 3.63) is 36.0 Å². The smallest absolute Gasteiger partial charge is 0.414 e. The molecule has 0 unspecified atom stereocenters. The van der Waals surface area contributed by atoms with E-state index in [1.807, 2.05) is 32.0 Å². The number of nitrogens with two attached hydrogens (primary N) is 1. The third-order valence-corrected chi connectivity index (χ3v) is 3.92. The first-order chi connectivity index (χ1) is 12.7. The lowest BCUT2D eigenvalue weighted by atomic mass is 9.93. The third kappa shape index (κ3) is 6.21. The summed E-state index contributed by atoms with van der Waals surface area (Å²) in [5.74, 6) is 1.30. The van der Waals surface area contributed by atoms with Crippen molar-refractivity contribution in [1.29, 1.82) is 0 Å². The van der Waals surface area contributed by atoms with E-state index in [1.165, 1.54) is 7.05 Å². The second kappa shape index (κ2) is 8.81. The number of amides is 1. The lowest BCUT2D eigenvalue weighted by molar-refractivity contribution is 0.199. The summed E-state index contributed by atoms with van der Waals surface area (Å²) in [6.45, 7) is 8.72. The molecule has 0 aliphatic carbocycles. The van der Waals surface area contributed by atoms with Gasteiger partial charge in [-0.2, -0.15) is 4.98 Å². The maximum Gasteiger partial charge on any atom is 0.414 e.